The molecule has 0 aromatic heterocycles. The number of carbonyl (C=O) groups is 3. The van der Waals surface area contributed by atoms with Crippen LogP contribution in [0, 0.1) is 17.8 Å². The van der Waals surface area contributed by atoms with Gasteiger partial charge in [-0.05, 0) is 45.4 Å². The van der Waals surface area contributed by atoms with Gasteiger partial charge in [0, 0.05) is 19.2 Å². The van der Waals surface area contributed by atoms with Crippen molar-refractivity contribution in [3.8, 4) is 0 Å². The SMILES string of the molecule is CC(C)(C)OC(=O)C1CC2C=CC1C2.CN1C(=O)C=CC1=O. The minimum Gasteiger partial charge on any atom is -0.460 e. The molecule has 3 unspecified atom stereocenters. The Morgan fingerprint density at radius 3 is 2.05 bits per heavy atom. The molecule has 1 saturated carbocycles. The second-order valence-corrected chi connectivity index (χ2v) is 6.99. The van der Waals surface area contributed by atoms with Crippen molar-refractivity contribution in [3.63, 3.8) is 0 Å². The summed E-state index contributed by atoms with van der Waals surface area (Å²) in [5.41, 5.74) is -0.345. The van der Waals surface area contributed by atoms with Crippen LogP contribution in [0.1, 0.15) is 33.6 Å². The highest BCUT2D eigenvalue weighted by Gasteiger charge is 2.41. The van der Waals surface area contributed by atoms with Crippen LogP contribution in [0.3, 0.4) is 0 Å². The molecule has 1 aliphatic heterocycles. The van der Waals surface area contributed by atoms with Crippen molar-refractivity contribution in [2.45, 2.75) is 39.2 Å². The van der Waals surface area contributed by atoms with E-state index < -0.39 is 0 Å². The quantitative estimate of drug-likeness (QED) is 0.423. The molecule has 0 aromatic carbocycles. The monoisotopic (exact) mass is 305 g/mol. The van der Waals surface area contributed by atoms with Crippen LogP contribution in [0.25, 0.3) is 0 Å². The molecule has 5 heteroatoms. The average Bonchev–Trinajstić information content (AvgIpc) is 3.10. The molecule has 22 heavy (non-hydrogen) atoms. The molecule has 120 valence electrons. The number of fused-ring (bicyclic) bond motifs is 2. The van der Waals surface area contributed by atoms with Crippen LogP contribution in [0.4, 0.5) is 0 Å². The van der Waals surface area contributed by atoms with E-state index in [1.807, 2.05) is 20.8 Å². The van der Waals surface area contributed by atoms with Crippen molar-refractivity contribution < 1.29 is 19.1 Å². The molecule has 3 rings (SSSR count). The first-order valence-corrected chi connectivity index (χ1v) is 7.58. The lowest BCUT2D eigenvalue weighted by Gasteiger charge is -2.24. The summed E-state index contributed by atoms with van der Waals surface area (Å²) in [5.74, 6) is 0.732. The van der Waals surface area contributed by atoms with Crippen LogP contribution in [0.5, 0.6) is 0 Å². The number of imide groups is 1. The van der Waals surface area contributed by atoms with Crippen LogP contribution in [0.15, 0.2) is 24.3 Å². The van der Waals surface area contributed by atoms with Crippen molar-refractivity contribution in [2.75, 3.05) is 7.05 Å². The van der Waals surface area contributed by atoms with Crippen LogP contribution < -0.4 is 0 Å². The maximum absolute atomic E-state index is 11.8. The van der Waals surface area contributed by atoms with E-state index in [0.29, 0.717) is 11.8 Å². The molecule has 0 radical (unpaired) electrons. The minimum atomic E-state index is -0.345. The second kappa shape index (κ2) is 6.07. The molecule has 3 aliphatic rings. The highest BCUT2D eigenvalue weighted by atomic mass is 16.6. The molecule has 0 N–H and O–H groups in total. The number of carbonyl (C=O) groups excluding carboxylic acids is 3. The summed E-state index contributed by atoms with van der Waals surface area (Å²) in [4.78, 5) is 33.7. The van der Waals surface area contributed by atoms with Gasteiger partial charge in [-0.3, -0.25) is 19.3 Å². The van der Waals surface area contributed by atoms with E-state index in [1.54, 1.807) is 0 Å². The summed E-state index contributed by atoms with van der Waals surface area (Å²) >= 11 is 0. The lowest BCUT2D eigenvalue weighted by molar-refractivity contribution is -0.160. The first kappa shape index (κ1) is 16.5. The fraction of sp³-hybridized carbons (Fsp3) is 0.588. The van der Waals surface area contributed by atoms with Crippen molar-refractivity contribution >= 4 is 17.8 Å². The van der Waals surface area contributed by atoms with E-state index in [2.05, 4.69) is 12.2 Å². The van der Waals surface area contributed by atoms with Gasteiger partial charge in [0.1, 0.15) is 5.60 Å². The Hall–Kier alpha value is -1.91. The third-order valence-corrected chi connectivity index (χ3v) is 4.02. The van der Waals surface area contributed by atoms with Gasteiger partial charge in [0.15, 0.2) is 0 Å². The van der Waals surface area contributed by atoms with Crippen molar-refractivity contribution in [1.82, 2.24) is 4.90 Å². The fourth-order valence-corrected chi connectivity index (χ4v) is 2.90. The standard InChI is InChI=1S/C12H18O2.C5H5NO2/c1-12(2,3)14-11(13)10-7-8-4-5-9(10)6-8;1-6-4(7)2-3-5(6)8/h4-5,8-10H,6-7H2,1-3H3;2-3H,1H3. The molecule has 3 atom stereocenters. The van der Waals surface area contributed by atoms with Gasteiger partial charge in [-0.2, -0.15) is 0 Å². The Kier molecular flexibility index (Phi) is 4.54. The zero-order valence-corrected chi connectivity index (χ0v) is 13.5. The number of likely N-dealkylation sites (N-methyl/N-ethyl adjacent to an activating group) is 1. The molecular formula is C17H23NO4. The van der Waals surface area contributed by atoms with E-state index in [4.69, 9.17) is 4.74 Å². The molecule has 0 spiro atoms. The summed E-state index contributed by atoms with van der Waals surface area (Å²) in [6.45, 7) is 5.77. The van der Waals surface area contributed by atoms with E-state index in [0.717, 1.165) is 17.7 Å². The maximum atomic E-state index is 11.8. The van der Waals surface area contributed by atoms with E-state index in [9.17, 15) is 14.4 Å². The smallest absolute Gasteiger partial charge is 0.310 e. The summed E-state index contributed by atoms with van der Waals surface area (Å²) in [6.07, 6.45) is 9.08. The van der Waals surface area contributed by atoms with E-state index >= 15 is 0 Å². The lowest BCUT2D eigenvalue weighted by Crippen LogP contribution is -2.30. The molecule has 0 aromatic rings. The fourth-order valence-electron chi connectivity index (χ4n) is 2.90. The highest BCUT2D eigenvalue weighted by Crippen LogP contribution is 2.44. The number of rotatable bonds is 1. The molecule has 2 bridgehead atoms. The number of ether oxygens (including phenoxy) is 1. The minimum absolute atomic E-state index is 0.00523. The zero-order valence-electron chi connectivity index (χ0n) is 13.5. The van der Waals surface area contributed by atoms with Gasteiger partial charge in [-0.1, -0.05) is 12.2 Å². The number of esters is 1. The largest absolute Gasteiger partial charge is 0.460 e. The number of hydrogen-bond acceptors (Lipinski definition) is 4. The van der Waals surface area contributed by atoms with Gasteiger partial charge in [0.2, 0.25) is 0 Å². The number of allylic oxidation sites excluding steroid dienone is 2. The molecule has 2 amide bonds. The summed E-state index contributed by atoms with van der Waals surface area (Å²) in [6, 6.07) is 0. The van der Waals surface area contributed by atoms with Crippen LogP contribution >= 0.6 is 0 Å². The number of nitrogens with zero attached hydrogens (tertiary/aromatic N) is 1. The van der Waals surface area contributed by atoms with Crippen LogP contribution in [-0.2, 0) is 19.1 Å². The van der Waals surface area contributed by atoms with Gasteiger partial charge in [0.05, 0.1) is 5.92 Å². The van der Waals surface area contributed by atoms with Crippen molar-refractivity contribution in [1.29, 1.82) is 0 Å². The normalized spacial score (nSPS) is 28.9. The van der Waals surface area contributed by atoms with Gasteiger partial charge >= 0.3 is 5.97 Å². The predicted octanol–water partition coefficient (Wildman–Crippen LogP) is 2.08. The maximum Gasteiger partial charge on any atom is 0.310 e. The Morgan fingerprint density at radius 1 is 1.14 bits per heavy atom. The molecule has 0 saturated heterocycles. The molecule has 1 fully saturated rings. The average molecular weight is 305 g/mol. The topological polar surface area (TPSA) is 63.7 Å². The first-order valence-electron chi connectivity index (χ1n) is 7.58. The second-order valence-electron chi connectivity index (χ2n) is 6.99. The Bertz CT molecular complexity index is 523. The van der Waals surface area contributed by atoms with E-state index in [-0.39, 0.29) is 29.3 Å². The molecule has 5 nitrogen and oxygen atoms in total. The zero-order chi connectivity index (χ0) is 16.5. The van der Waals surface area contributed by atoms with Crippen LogP contribution in [0.2, 0.25) is 0 Å². The number of hydrogen-bond donors (Lipinski definition) is 0. The molecule has 2 aliphatic carbocycles. The predicted molar refractivity (Wildman–Crippen MR) is 81.6 cm³/mol. The summed E-state index contributed by atoms with van der Waals surface area (Å²) in [7, 11) is 1.45. The van der Waals surface area contributed by atoms with Crippen molar-refractivity contribution in [2.24, 2.45) is 17.8 Å². The Balaban J connectivity index is 0.000000188. The van der Waals surface area contributed by atoms with E-state index in [1.165, 1.54) is 19.2 Å². The summed E-state index contributed by atoms with van der Waals surface area (Å²) in [5, 5.41) is 0. The number of amides is 2. The lowest BCUT2D eigenvalue weighted by atomic mass is 9.93. The Morgan fingerprint density at radius 2 is 1.73 bits per heavy atom. The van der Waals surface area contributed by atoms with Gasteiger partial charge in [-0.25, -0.2) is 0 Å². The summed E-state index contributed by atoms with van der Waals surface area (Å²) < 4.78 is 5.40. The van der Waals surface area contributed by atoms with Gasteiger partial charge in [-0.15, -0.1) is 0 Å². The molecular weight excluding hydrogens is 282 g/mol. The van der Waals surface area contributed by atoms with Gasteiger partial charge in [0.25, 0.3) is 11.8 Å². The third kappa shape index (κ3) is 3.84. The van der Waals surface area contributed by atoms with Crippen LogP contribution in [-0.4, -0.2) is 35.3 Å². The highest BCUT2D eigenvalue weighted by molar-refractivity contribution is 6.12. The van der Waals surface area contributed by atoms with Crippen molar-refractivity contribution in [3.05, 3.63) is 24.3 Å². The molecule has 1 heterocycles. The Labute approximate surface area is 131 Å². The third-order valence-electron chi connectivity index (χ3n) is 4.02. The van der Waals surface area contributed by atoms with Gasteiger partial charge < -0.3 is 4.74 Å². The first-order chi connectivity index (χ1) is 10.2.